The zero-order chi connectivity index (χ0) is 34.4. The maximum atomic E-state index is 12.8. The first kappa shape index (κ1) is 42.9. The van der Waals surface area contributed by atoms with E-state index in [0.717, 1.165) is 89.5 Å². The molecule has 0 saturated heterocycles. The summed E-state index contributed by atoms with van der Waals surface area (Å²) in [5.74, 6) is 1.03. The van der Waals surface area contributed by atoms with Crippen LogP contribution in [-0.4, -0.2) is 63.8 Å². The zero-order valence-corrected chi connectivity index (χ0v) is 30.8. The highest BCUT2D eigenvalue weighted by molar-refractivity contribution is 5.70. The summed E-state index contributed by atoms with van der Waals surface area (Å²) in [7, 11) is 7.13. The van der Waals surface area contributed by atoms with E-state index in [0.29, 0.717) is 25.2 Å². The average molecular weight is 662 g/mol. The Balaban J connectivity index is 2.20. The van der Waals surface area contributed by atoms with Gasteiger partial charge in [-0.25, -0.2) is 0 Å². The van der Waals surface area contributed by atoms with Crippen LogP contribution < -0.4 is 0 Å². The molecule has 0 amide bonds. The van der Waals surface area contributed by atoms with Gasteiger partial charge in [0, 0.05) is 25.8 Å². The van der Waals surface area contributed by atoms with Gasteiger partial charge in [0.2, 0.25) is 0 Å². The molecule has 0 aliphatic heterocycles. The van der Waals surface area contributed by atoms with Crippen molar-refractivity contribution in [1.82, 2.24) is 4.90 Å². The number of ether oxygens (including phenoxy) is 3. The fourth-order valence-corrected chi connectivity index (χ4v) is 6.52. The Labute approximate surface area is 288 Å². The van der Waals surface area contributed by atoms with E-state index >= 15 is 0 Å². The Morgan fingerprint density at radius 3 is 1.40 bits per heavy atom. The summed E-state index contributed by atoms with van der Waals surface area (Å²) in [4.78, 5) is 37.4. The van der Waals surface area contributed by atoms with E-state index in [1.54, 1.807) is 0 Å². The number of hydrogen-bond acceptors (Lipinski definition) is 7. The van der Waals surface area contributed by atoms with E-state index in [9.17, 15) is 14.4 Å². The molecule has 1 aliphatic rings. The van der Waals surface area contributed by atoms with Gasteiger partial charge in [-0.05, 0) is 116 Å². The number of carbonyl (C=O) groups is 3. The van der Waals surface area contributed by atoms with Crippen LogP contribution in [0.5, 0.6) is 0 Å². The normalized spacial score (nSPS) is 16.3. The molecule has 0 heterocycles. The number of hydrogen-bond donors (Lipinski definition) is 0. The summed E-state index contributed by atoms with van der Waals surface area (Å²) in [6.45, 7) is 1.12. The van der Waals surface area contributed by atoms with Crippen molar-refractivity contribution in [3.05, 3.63) is 24.3 Å². The van der Waals surface area contributed by atoms with Gasteiger partial charge >= 0.3 is 17.9 Å². The van der Waals surface area contributed by atoms with E-state index in [4.69, 9.17) is 4.74 Å². The van der Waals surface area contributed by atoms with Gasteiger partial charge in [0.25, 0.3) is 0 Å². The molecule has 0 bridgehead atoms. The molecule has 0 aromatic carbocycles. The summed E-state index contributed by atoms with van der Waals surface area (Å²) in [6.07, 6.45) is 35.4. The molecule has 0 unspecified atom stereocenters. The van der Waals surface area contributed by atoms with Gasteiger partial charge in [0.15, 0.2) is 0 Å². The molecule has 0 spiro atoms. The third kappa shape index (κ3) is 26.5. The van der Waals surface area contributed by atoms with Crippen LogP contribution in [0.2, 0.25) is 0 Å². The van der Waals surface area contributed by atoms with Crippen molar-refractivity contribution in [3.63, 3.8) is 0 Å². The molecule has 1 rings (SSSR count). The molecule has 1 saturated carbocycles. The summed E-state index contributed by atoms with van der Waals surface area (Å²) in [5.41, 5.74) is 0. The smallest absolute Gasteiger partial charge is 0.306 e. The largest absolute Gasteiger partial charge is 0.469 e. The Morgan fingerprint density at radius 1 is 0.574 bits per heavy atom. The molecule has 1 fully saturated rings. The van der Waals surface area contributed by atoms with E-state index in [-0.39, 0.29) is 24.0 Å². The summed E-state index contributed by atoms with van der Waals surface area (Å²) < 4.78 is 15.4. The maximum absolute atomic E-state index is 12.8. The van der Waals surface area contributed by atoms with Gasteiger partial charge in [-0.2, -0.15) is 0 Å². The van der Waals surface area contributed by atoms with Crippen molar-refractivity contribution in [2.75, 3.05) is 34.9 Å². The van der Waals surface area contributed by atoms with Crippen LogP contribution in [0, 0.1) is 11.8 Å². The lowest BCUT2D eigenvalue weighted by Crippen LogP contribution is -2.34. The minimum Gasteiger partial charge on any atom is -0.469 e. The lowest BCUT2D eigenvalue weighted by Gasteiger charge is -2.36. The van der Waals surface area contributed by atoms with E-state index in [2.05, 4.69) is 52.8 Å². The number of allylic oxidation sites excluding steroid dienone is 4. The van der Waals surface area contributed by atoms with Crippen molar-refractivity contribution in [2.24, 2.45) is 11.8 Å². The predicted molar refractivity (Wildman–Crippen MR) is 193 cm³/mol. The number of rotatable bonds is 31. The quantitative estimate of drug-likeness (QED) is 0.0317. The fraction of sp³-hybridized carbons (Fsp3) is 0.825. The van der Waals surface area contributed by atoms with E-state index in [1.807, 2.05) is 0 Å². The monoisotopic (exact) mass is 662 g/mol. The Morgan fingerprint density at radius 2 is 0.979 bits per heavy atom. The minimum absolute atomic E-state index is 0.0278. The lowest BCUT2D eigenvalue weighted by atomic mass is 9.73. The molecular formula is C40H71NO6. The Hall–Kier alpha value is -2.15. The zero-order valence-electron chi connectivity index (χ0n) is 30.8. The van der Waals surface area contributed by atoms with Crippen molar-refractivity contribution < 1.29 is 28.6 Å². The van der Waals surface area contributed by atoms with E-state index in [1.165, 1.54) is 78.4 Å². The van der Waals surface area contributed by atoms with Crippen LogP contribution in [-0.2, 0) is 28.6 Å². The van der Waals surface area contributed by atoms with Gasteiger partial charge in [-0.15, -0.1) is 0 Å². The van der Waals surface area contributed by atoms with Crippen LogP contribution in [0.15, 0.2) is 24.3 Å². The topological polar surface area (TPSA) is 82.1 Å². The lowest BCUT2D eigenvalue weighted by molar-refractivity contribution is -0.152. The maximum Gasteiger partial charge on any atom is 0.306 e. The van der Waals surface area contributed by atoms with Gasteiger partial charge < -0.3 is 19.1 Å². The van der Waals surface area contributed by atoms with Crippen LogP contribution in [0.25, 0.3) is 0 Å². The molecule has 7 heteroatoms. The van der Waals surface area contributed by atoms with Gasteiger partial charge in [-0.1, -0.05) is 75.7 Å². The molecule has 7 nitrogen and oxygen atoms in total. The highest BCUT2D eigenvalue weighted by Gasteiger charge is 2.31. The summed E-state index contributed by atoms with van der Waals surface area (Å²) >= 11 is 0. The average Bonchev–Trinajstić information content (AvgIpc) is 3.03. The minimum atomic E-state index is -0.126. The van der Waals surface area contributed by atoms with Crippen LogP contribution >= 0.6 is 0 Å². The first-order valence-corrected chi connectivity index (χ1v) is 19.1. The van der Waals surface area contributed by atoms with Gasteiger partial charge in [0.05, 0.1) is 14.2 Å². The molecule has 0 aromatic rings. The molecule has 0 N–H and O–H groups in total. The first-order valence-electron chi connectivity index (χ1n) is 19.1. The molecular weight excluding hydrogens is 590 g/mol. The second kappa shape index (κ2) is 29.9. The molecule has 0 atom stereocenters. The number of nitrogens with zero attached hydrogens (tertiary/aromatic N) is 1. The first-order chi connectivity index (χ1) is 22.8. The molecule has 0 radical (unpaired) electrons. The standard InChI is InChI=1S/C40H71NO6/c1-41(2)34-36-31-35(32-36)33-40(44)47-37(27-23-19-15-11-7-5-9-13-17-21-25-29-38(42)45-3)28-24-20-16-12-8-6-10-14-18-22-26-30-39(43)46-4/h13-14,17-18,35-37H,5-12,15-16,19-34H2,1-4H3/b17-13-,18-14-. The number of methoxy groups -OCH3 is 2. The van der Waals surface area contributed by atoms with Crippen molar-refractivity contribution in [3.8, 4) is 0 Å². The number of carbonyl (C=O) groups excluding carboxylic acids is 3. The third-order valence-electron chi connectivity index (χ3n) is 9.30. The highest BCUT2D eigenvalue weighted by atomic mass is 16.5. The summed E-state index contributed by atoms with van der Waals surface area (Å²) in [5, 5.41) is 0. The Bertz CT molecular complexity index is 800. The second-order valence-electron chi connectivity index (χ2n) is 14.1. The SMILES string of the molecule is COC(=O)CCC/C=C\CCCCCCCCC(CCCCCCCC/C=C\CCCC(=O)OC)OC(=O)CC1CC(CN(C)C)C1. The van der Waals surface area contributed by atoms with Crippen molar-refractivity contribution >= 4 is 17.9 Å². The predicted octanol–water partition coefficient (Wildman–Crippen LogP) is 9.92. The summed E-state index contributed by atoms with van der Waals surface area (Å²) in [6, 6.07) is 0. The van der Waals surface area contributed by atoms with Crippen molar-refractivity contribution in [1.29, 1.82) is 0 Å². The molecule has 47 heavy (non-hydrogen) atoms. The van der Waals surface area contributed by atoms with Crippen LogP contribution in [0.3, 0.4) is 0 Å². The van der Waals surface area contributed by atoms with Gasteiger partial charge in [0.1, 0.15) is 6.10 Å². The number of unbranched alkanes of at least 4 members (excludes halogenated alkanes) is 14. The Kier molecular flexibility index (Phi) is 27.3. The molecule has 1 aliphatic carbocycles. The van der Waals surface area contributed by atoms with Gasteiger partial charge in [-0.3, -0.25) is 14.4 Å². The fourth-order valence-electron chi connectivity index (χ4n) is 6.52. The molecule has 272 valence electrons. The van der Waals surface area contributed by atoms with E-state index < -0.39 is 0 Å². The third-order valence-corrected chi connectivity index (χ3v) is 9.30. The van der Waals surface area contributed by atoms with Crippen LogP contribution in [0.4, 0.5) is 0 Å². The van der Waals surface area contributed by atoms with Crippen LogP contribution in [0.1, 0.15) is 161 Å². The van der Waals surface area contributed by atoms with Crippen molar-refractivity contribution in [2.45, 2.75) is 167 Å². The molecule has 0 aromatic heterocycles. The number of esters is 3. The second-order valence-corrected chi connectivity index (χ2v) is 14.1. The highest BCUT2D eigenvalue weighted by Crippen LogP contribution is 2.36.